The van der Waals surface area contributed by atoms with Gasteiger partial charge in [0.2, 0.25) is 0 Å². The predicted molar refractivity (Wildman–Crippen MR) is 210 cm³/mol. The van der Waals surface area contributed by atoms with Gasteiger partial charge >= 0.3 is 0 Å². The first-order chi connectivity index (χ1) is 24.8. The van der Waals surface area contributed by atoms with E-state index in [0.717, 1.165) is 61.6 Å². The zero-order valence-electron chi connectivity index (χ0n) is 27.3. The molecular weight excluding hydrogens is 607 g/mol. The molecule has 1 aliphatic heterocycles. The van der Waals surface area contributed by atoms with Crippen LogP contribution in [-0.2, 0) is 0 Å². The van der Waals surface area contributed by atoms with Gasteiger partial charge in [0.05, 0.1) is 11.4 Å². The van der Waals surface area contributed by atoms with E-state index in [1.54, 1.807) is 0 Å². The van der Waals surface area contributed by atoms with Crippen molar-refractivity contribution in [2.75, 3.05) is 4.90 Å². The Hall–Kier alpha value is -6.64. The minimum atomic E-state index is 0.846. The van der Waals surface area contributed by atoms with Crippen molar-refractivity contribution in [2.45, 2.75) is 0 Å². The molecular formula is C48H31NO. The van der Waals surface area contributed by atoms with Crippen LogP contribution in [0.3, 0.4) is 0 Å². The normalized spacial score (nSPS) is 11.8. The van der Waals surface area contributed by atoms with E-state index < -0.39 is 0 Å². The maximum atomic E-state index is 6.92. The molecule has 50 heavy (non-hydrogen) atoms. The number of ether oxygens (including phenoxy) is 1. The molecule has 0 aliphatic carbocycles. The second kappa shape index (κ2) is 11.5. The Balaban J connectivity index is 1.30. The van der Waals surface area contributed by atoms with E-state index in [4.69, 9.17) is 4.74 Å². The molecule has 0 N–H and O–H groups in total. The fourth-order valence-corrected chi connectivity index (χ4v) is 7.73. The first-order valence-corrected chi connectivity index (χ1v) is 17.1. The van der Waals surface area contributed by atoms with Gasteiger partial charge in [-0.2, -0.15) is 0 Å². The molecule has 0 atom stereocenters. The third-order valence-corrected chi connectivity index (χ3v) is 10.0. The van der Waals surface area contributed by atoms with Crippen LogP contribution in [0.25, 0.3) is 65.7 Å². The van der Waals surface area contributed by atoms with Crippen LogP contribution < -0.4 is 9.64 Å². The van der Waals surface area contributed by atoms with Crippen molar-refractivity contribution in [1.82, 2.24) is 0 Å². The zero-order chi connectivity index (χ0) is 33.0. The Morgan fingerprint density at radius 1 is 0.360 bits per heavy atom. The lowest BCUT2D eigenvalue weighted by molar-refractivity contribution is 0.493. The standard InChI is InChI=1S/C48H31NO/c1-2-13-32(14-3-1)33-25-28-36(29-26-33)49(45-31-35-16-5-6-17-37(35)39-19-8-9-20-40(39)45)44-23-12-22-41-42-30-27-34-15-4-7-18-38(34)48(42)50-46-24-11-10-21-43(46)47(41)44/h1-31H. The van der Waals surface area contributed by atoms with E-state index in [1.165, 1.54) is 32.7 Å². The first-order valence-electron chi connectivity index (χ1n) is 17.1. The van der Waals surface area contributed by atoms with Crippen LogP contribution >= 0.6 is 0 Å². The summed E-state index contributed by atoms with van der Waals surface area (Å²) in [6.07, 6.45) is 0. The molecule has 0 saturated heterocycles. The summed E-state index contributed by atoms with van der Waals surface area (Å²) in [5.74, 6) is 1.74. The first kappa shape index (κ1) is 28.4. The van der Waals surface area contributed by atoms with Crippen LogP contribution in [0.5, 0.6) is 11.5 Å². The fourth-order valence-electron chi connectivity index (χ4n) is 7.73. The highest BCUT2D eigenvalue weighted by Gasteiger charge is 2.28. The van der Waals surface area contributed by atoms with Gasteiger partial charge in [-0.15, -0.1) is 0 Å². The number of fused-ring (bicyclic) bond motifs is 10. The molecule has 234 valence electrons. The number of hydrogen-bond donors (Lipinski definition) is 0. The molecule has 0 aromatic heterocycles. The smallest absolute Gasteiger partial charge is 0.143 e. The number of rotatable bonds is 4. The number of anilines is 3. The quantitative estimate of drug-likeness (QED) is 0.178. The number of para-hydroxylation sites is 1. The average Bonchev–Trinajstić information content (AvgIpc) is 3.34. The van der Waals surface area contributed by atoms with Gasteiger partial charge in [-0.05, 0) is 74.6 Å². The van der Waals surface area contributed by atoms with Crippen molar-refractivity contribution in [3.8, 4) is 44.9 Å². The summed E-state index contributed by atoms with van der Waals surface area (Å²) in [5, 5.41) is 7.14. The van der Waals surface area contributed by atoms with Crippen molar-refractivity contribution in [3.63, 3.8) is 0 Å². The van der Waals surface area contributed by atoms with Gasteiger partial charge in [-0.3, -0.25) is 0 Å². The predicted octanol–water partition coefficient (Wildman–Crippen LogP) is 13.7. The molecule has 0 amide bonds. The second-order valence-electron chi connectivity index (χ2n) is 12.9. The molecule has 0 spiro atoms. The largest absolute Gasteiger partial charge is 0.455 e. The third-order valence-electron chi connectivity index (χ3n) is 10.0. The zero-order valence-corrected chi connectivity index (χ0v) is 27.3. The summed E-state index contributed by atoms with van der Waals surface area (Å²) in [5.41, 5.74) is 10.1. The minimum Gasteiger partial charge on any atom is -0.455 e. The molecule has 0 saturated carbocycles. The maximum Gasteiger partial charge on any atom is 0.143 e. The number of nitrogens with zero attached hydrogens (tertiary/aromatic N) is 1. The molecule has 1 heterocycles. The van der Waals surface area contributed by atoms with Gasteiger partial charge in [-0.25, -0.2) is 0 Å². The average molecular weight is 638 g/mol. The molecule has 0 radical (unpaired) electrons. The van der Waals surface area contributed by atoms with Crippen molar-refractivity contribution >= 4 is 49.4 Å². The summed E-state index contributed by atoms with van der Waals surface area (Å²) in [6.45, 7) is 0. The van der Waals surface area contributed by atoms with E-state index in [1.807, 2.05) is 0 Å². The SMILES string of the molecule is c1ccc(-c2ccc(N(c3cccc4c3-c3ccccc3Oc3c-4ccc4ccccc34)c3cc4ccccc4c4ccccc34)cc2)cc1. The number of hydrogen-bond acceptors (Lipinski definition) is 2. The van der Waals surface area contributed by atoms with Gasteiger partial charge in [-0.1, -0.05) is 152 Å². The molecule has 1 aliphatic rings. The van der Waals surface area contributed by atoms with Crippen molar-refractivity contribution in [3.05, 3.63) is 188 Å². The Morgan fingerprint density at radius 3 is 1.84 bits per heavy atom. The van der Waals surface area contributed by atoms with E-state index in [9.17, 15) is 0 Å². The van der Waals surface area contributed by atoms with Crippen LogP contribution in [0.4, 0.5) is 17.1 Å². The highest BCUT2D eigenvalue weighted by molar-refractivity contribution is 6.15. The van der Waals surface area contributed by atoms with Crippen molar-refractivity contribution < 1.29 is 4.74 Å². The van der Waals surface area contributed by atoms with Gasteiger partial charge in [0, 0.05) is 33.2 Å². The Labute approximate surface area is 291 Å². The van der Waals surface area contributed by atoms with Gasteiger partial charge in [0.1, 0.15) is 11.5 Å². The van der Waals surface area contributed by atoms with Crippen LogP contribution in [-0.4, -0.2) is 0 Å². The monoisotopic (exact) mass is 637 g/mol. The molecule has 9 aromatic rings. The Kier molecular flexibility index (Phi) is 6.53. The van der Waals surface area contributed by atoms with E-state index in [0.29, 0.717) is 0 Å². The lowest BCUT2D eigenvalue weighted by Crippen LogP contribution is -2.12. The summed E-state index contributed by atoms with van der Waals surface area (Å²) >= 11 is 0. The topological polar surface area (TPSA) is 12.5 Å². The Morgan fingerprint density at radius 2 is 1.00 bits per heavy atom. The minimum absolute atomic E-state index is 0.846. The fraction of sp³-hybridized carbons (Fsp3) is 0. The summed E-state index contributed by atoms with van der Waals surface area (Å²) in [4.78, 5) is 2.45. The molecule has 0 bridgehead atoms. The summed E-state index contributed by atoms with van der Waals surface area (Å²) in [6, 6.07) is 67.5. The van der Waals surface area contributed by atoms with Gasteiger partial charge < -0.3 is 9.64 Å². The third kappa shape index (κ3) is 4.50. The van der Waals surface area contributed by atoms with E-state index >= 15 is 0 Å². The molecule has 9 aromatic carbocycles. The highest BCUT2D eigenvalue weighted by Crippen LogP contribution is 2.54. The Bertz CT molecular complexity index is 2730. The lowest BCUT2D eigenvalue weighted by Gasteiger charge is -2.30. The van der Waals surface area contributed by atoms with E-state index in [-0.39, 0.29) is 0 Å². The molecule has 2 heteroatoms. The highest BCUT2D eigenvalue weighted by atomic mass is 16.5. The van der Waals surface area contributed by atoms with E-state index in [2.05, 4.69) is 193 Å². The molecule has 0 unspecified atom stereocenters. The van der Waals surface area contributed by atoms with Crippen molar-refractivity contribution in [1.29, 1.82) is 0 Å². The second-order valence-corrected chi connectivity index (χ2v) is 12.9. The van der Waals surface area contributed by atoms with Crippen LogP contribution in [0.15, 0.2) is 188 Å². The van der Waals surface area contributed by atoms with Crippen molar-refractivity contribution in [2.24, 2.45) is 0 Å². The summed E-state index contributed by atoms with van der Waals surface area (Å²) in [7, 11) is 0. The molecule has 0 fully saturated rings. The van der Waals surface area contributed by atoms with Gasteiger partial charge in [0.15, 0.2) is 0 Å². The van der Waals surface area contributed by atoms with Crippen LogP contribution in [0.2, 0.25) is 0 Å². The number of benzene rings is 9. The molecule has 10 rings (SSSR count). The molecule has 2 nitrogen and oxygen atoms in total. The summed E-state index contributed by atoms with van der Waals surface area (Å²) < 4.78 is 6.92. The maximum absolute atomic E-state index is 6.92. The van der Waals surface area contributed by atoms with Crippen LogP contribution in [0, 0.1) is 0 Å². The van der Waals surface area contributed by atoms with Gasteiger partial charge in [0.25, 0.3) is 0 Å². The lowest BCUT2D eigenvalue weighted by atomic mass is 9.90. The van der Waals surface area contributed by atoms with Crippen LogP contribution in [0.1, 0.15) is 0 Å².